The highest BCUT2D eigenvalue weighted by atomic mass is 35.5. The molecule has 6 nitrogen and oxygen atoms in total. The molecule has 1 atom stereocenters. The number of benzene rings is 2. The second-order valence-electron chi connectivity index (χ2n) is 6.53. The summed E-state index contributed by atoms with van der Waals surface area (Å²) in [7, 11) is -3.77. The Kier molecular flexibility index (Phi) is 8.58. The topological polar surface area (TPSA) is 95.5 Å². The Hall–Kier alpha value is -2.00. The predicted molar refractivity (Wildman–Crippen MR) is 119 cm³/mol. The third-order valence-electron chi connectivity index (χ3n) is 4.16. The fraction of sp³-hybridized carbons (Fsp3) is 0.300. The first-order valence-electron chi connectivity index (χ1n) is 9.10. The molecule has 2 aromatic rings. The number of unbranched alkanes of at least 4 members (excludes halogenated alkanes) is 1. The zero-order valence-electron chi connectivity index (χ0n) is 15.9. The van der Waals surface area contributed by atoms with Crippen LogP contribution in [0.5, 0.6) is 0 Å². The minimum atomic E-state index is -3.77. The van der Waals surface area contributed by atoms with Gasteiger partial charge < -0.3 is 10.4 Å². The average Bonchev–Trinajstić information content (AvgIpc) is 2.66. The van der Waals surface area contributed by atoms with Gasteiger partial charge in [-0.05, 0) is 48.4 Å². The summed E-state index contributed by atoms with van der Waals surface area (Å²) in [6.07, 6.45) is 2.18. The van der Waals surface area contributed by atoms with E-state index >= 15 is 0 Å². The highest BCUT2D eigenvalue weighted by Crippen LogP contribution is 2.17. The van der Waals surface area contributed by atoms with E-state index in [0.717, 1.165) is 12.8 Å². The van der Waals surface area contributed by atoms with Crippen LogP contribution in [0.3, 0.4) is 0 Å². The van der Waals surface area contributed by atoms with Crippen LogP contribution in [0.15, 0.2) is 53.4 Å². The van der Waals surface area contributed by atoms with Crippen molar-refractivity contribution in [2.45, 2.75) is 43.5 Å². The van der Waals surface area contributed by atoms with Crippen LogP contribution < -0.4 is 10.0 Å². The van der Waals surface area contributed by atoms with Crippen molar-refractivity contribution in [3.63, 3.8) is 0 Å². The van der Waals surface area contributed by atoms with E-state index < -0.39 is 22.0 Å². The lowest BCUT2D eigenvalue weighted by Crippen LogP contribution is -2.42. The van der Waals surface area contributed by atoms with Crippen LogP contribution in [0.2, 0.25) is 5.02 Å². The Morgan fingerprint density at radius 1 is 1.14 bits per heavy atom. The Bertz CT molecular complexity index is 945. The van der Waals surface area contributed by atoms with Crippen molar-refractivity contribution in [2.24, 2.45) is 0 Å². The van der Waals surface area contributed by atoms with Gasteiger partial charge in [-0.25, -0.2) is 13.1 Å². The molecule has 0 aliphatic heterocycles. The van der Waals surface area contributed by atoms with Gasteiger partial charge in [-0.15, -0.1) is 0 Å². The van der Waals surface area contributed by atoms with Gasteiger partial charge in [0.1, 0.15) is 0 Å². The van der Waals surface area contributed by atoms with Gasteiger partial charge in [-0.1, -0.05) is 55.7 Å². The third-order valence-corrected chi connectivity index (χ3v) is 6.29. The van der Waals surface area contributed by atoms with E-state index in [1.807, 2.05) is 6.92 Å². The zero-order valence-corrected chi connectivity index (χ0v) is 18.3. The van der Waals surface area contributed by atoms with Crippen LogP contribution in [0.4, 0.5) is 5.69 Å². The number of hydrogen-bond donors (Lipinski definition) is 3. The molecule has 0 aliphatic rings. The second-order valence-corrected chi connectivity index (χ2v) is 9.12. The van der Waals surface area contributed by atoms with E-state index in [-0.39, 0.29) is 11.3 Å². The number of carboxylic acids is 1. The molecule has 0 heterocycles. The molecule has 0 radical (unpaired) electrons. The summed E-state index contributed by atoms with van der Waals surface area (Å²) in [4.78, 5) is 11.2. The molecule has 1 unspecified atom stereocenters. The van der Waals surface area contributed by atoms with Crippen LogP contribution in [0.1, 0.15) is 31.7 Å². The monoisotopic (exact) mass is 454 g/mol. The van der Waals surface area contributed by atoms with Crippen molar-refractivity contribution >= 4 is 50.5 Å². The standard InChI is InChI=1S/C20H23ClN2O4S2/c1-2-3-4-18(23-29(26,27)17-11-7-15(21)8-12-17)20(28)22-16-9-5-14(6-10-16)13-19(24)25/h5-12,18,23H,2-4,13H2,1H3,(H,22,28)(H,24,25). The van der Waals surface area contributed by atoms with Crippen LogP contribution in [0.25, 0.3) is 0 Å². The van der Waals surface area contributed by atoms with E-state index in [1.165, 1.54) is 24.3 Å². The molecule has 9 heteroatoms. The number of hydrogen-bond acceptors (Lipinski definition) is 4. The Morgan fingerprint density at radius 3 is 2.31 bits per heavy atom. The molecule has 0 saturated carbocycles. The van der Waals surface area contributed by atoms with Gasteiger partial charge in [0.25, 0.3) is 0 Å². The van der Waals surface area contributed by atoms with Crippen molar-refractivity contribution in [3.05, 3.63) is 59.1 Å². The van der Waals surface area contributed by atoms with Crippen molar-refractivity contribution in [1.82, 2.24) is 4.72 Å². The molecule has 0 saturated heterocycles. The smallest absolute Gasteiger partial charge is 0.307 e. The van der Waals surface area contributed by atoms with Crippen LogP contribution >= 0.6 is 23.8 Å². The molecule has 2 rings (SSSR count). The van der Waals surface area contributed by atoms with Gasteiger partial charge in [0.2, 0.25) is 10.0 Å². The number of carboxylic acid groups (broad SMARTS) is 1. The molecule has 2 aromatic carbocycles. The molecular weight excluding hydrogens is 432 g/mol. The van der Waals surface area contributed by atoms with E-state index in [2.05, 4.69) is 10.0 Å². The van der Waals surface area contributed by atoms with E-state index in [0.29, 0.717) is 27.7 Å². The predicted octanol–water partition coefficient (Wildman–Crippen LogP) is 4.24. The third kappa shape index (κ3) is 7.40. The van der Waals surface area contributed by atoms with Gasteiger partial charge in [0, 0.05) is 10.7 Å². The number of sulfonamides is 1. The minimum Gasteiger partial charge on any atom is -0.481 e. The highest BCUT2D eigenvalue weighted by Gasteiger charge is 2.23. The largest absolute Gasteiger partial charge is 0.481 e. The van der Waals surface area contributed by atoms with Gasteiger partial charge in [0.15, 0.2) is 0 Å². The molecule has 0 bridgehead atoms. The number of nitrogens with one attached hydrogen (secondary N) is 2. The first-order valence-corrected chi connectivity index (χ1v) is 11.4. The fourth-order valence-corrected chi connectivity index (χ4v) is 4.37. The zero-order chi connectivity index (χ0) is 21.4. The summed E-state index contributed by atoms with van der Waals surface area (Å²) in [6.45, 7) is 2.02. The number of rotatable bonds is 10. The number of anilines is 1. The number of halogens is 1. The molecule has 0 amide bonds. The number of thiocarbonyl (C=S) groups is 1. The number of carbonyl (C=O) groups is 1. The molecule has 0 spiro atoms. The van der Waals surface area contributed by atoms with Crippen molar-refractivity contribution in [1.29, 1.82) is 0 Å². The lowest BCUT2D eigenvalue weighted by molar-refractivity contribution is -0.136. The van der Waals surface area contributed by atoms with E-state index in [1.54, 1.807) is 24.3 Å². The minimum absolute atomic E-state index is 0.0647. The average molecular weight is 455 g/mol. The Labute approximate surface area is 181 Å². The van der Waals surface area contributed by atoms with Gasteiger partial charge in [-0.2, -0.15) is 0 Å². The number of aliphatic carboxylic acids is 1. The SMILES string of the molecule is CCCCC(NS(=O)(=O)c1ccc(Cl)cc1)C(=S)Nc1ccc(CC(=O)O)cc1. The lowest BCUT2D eigenvalue weighted by Gasteiger charge is -2.21. The summed E-state index contributed by atoms with van der Waals surface area (Å²) in [6, 6.07) is 12.2. The van der Waals surface area contributed by atoms with E-state index in [9.17, 15) is 13.2 Å². The van der Waals surface area contributed by atoms with E-state index in [4.69, 9.17) is 28.9 Å². The normalized spacial score (nSPS) is 12.3. The van der Waals surface area contributed by atoms with Crippen LogP contribution in [-0.2, 0) is 21.2 Å². The maximum Gasteiger partial charge on any atom is 0.307 e. The molecule has 156 valence electrons. The fourth-order valence-electron chi connectivity index (χ4n) is 2.63. The molecule has 0 fully saturated rings. The van der Waals surface area contributed by atoms with Crippen molar-refractivity contribution in [3.8, 4) is 0 Å². The molecule has 0 aromatic heterocycles. The van der Waals surface area contributed by atoms with Crippen LogP contribution in [0, 0.1) is 0 Å². The summed E-state index contributed by atoms with van der Waals surface area (Å²) in [5.74, 6) is -0.905. The van der Waals surface area contributed by atoms with Gasteiger partial charge in [0.05, 0.1) is 22.3 Å². The maximum atomic E-state index is 12.7. The summed E-state index contributed by atoms with van der Waals surface area (Å²) >= 11 is 11.3. The second kappa shape index (κ2) is 10.7. The Balaban J connectivity index is 2.12. The maximum absolute atomic E-state index is 12.7. The van der Waals surface area contributed by atoms with Gasteiger partial charge in [-0.3, -0.25) is 4.79 Å². The first kappa shape index (κ1) is 23.3. The summed E-state index contributed by atoms with van der Waals surface area (Å²) < 4.78 is 28.1. The lowest BCUT2D eigenvalue weighted by atomic mass is 10.1. The Morgan fingerprint density at radius 2 is 1.76 bits per heavy atom. The van der Waals surface area contributed by atoms with Gasteiger partial charge >= 0.3 is 5.97 Å². The quantitative estimate of drug-likeness (QED) is 0.464. The molecule has 29 heavy (non-hydrogen) atoms. The molecular formula is C20H23ClN2O4S2. The first-order chi connectivity index (χ1) is 13.7. The molecule has 3 N–H and O–H groups in total. The van der Waals surface area contributed by atoms with Crippen molar-refractivity contribution in [2.75, 3.05) is 5.32 Å². The van der Waals surface area contributed by atoms with Crippen LogP contribution in [-0.4, -0.2) is 30.5 Å². The highest BCUT2D eigenvalue weighted by molar-refractivity contribution is 7.89. The van der Waals surface area contributed by atoms with Crippen molar-refractivity contribution < 1.29 is 18.3 Å². The summed E-state index contributed by atoms with van der Waals surface area (Å²) in [5, 5.41) is 12.3. The molecule has 0 aliphatic carbocycles. The summed E-state index contributed by atoms with van der Waals surface area (Å²) in [5.41, 5.74) is 1.33.